The van der Waals surface area contributed by atoms with Gasteiger partial charge in [-0.3, -0.25) is 0 Å². The molecule has 31 heavy (non-hydrogen) atoms. The summed E-state index contributed by atoms with van der Waals surface area (Å²) >= 11 is 0. The largest absolute Gasteiger partial charge is 0.497 e. The van der Waals surface area contributed by atoms with E-state index in [1.165, 1.54) is 0 Å². The molecular weight excluding hydrogens is 396 g/mol. The summed E-state index contributed by atoms with van der Waals surface area (Å²) in [6.07, 6.45) is 0. The van der Waals surface area contributed by atoms with E-state index in [-0.39, 0.29) is 23.6 Å². The maximum absolute atomic E-state index is 12.6. The van der Waals surface area contributed by atoms with Gasteiger partial charge in [-0.25, -0.2) is 4.79 Å². The number of nitriles is 1. The fraction of sp³-hybridized carbons (Fsp3) is 0.250. The molecule has 0 fully saturated rings. The summed E-state index contributed by atoms with van der Waals surface area (Å²) in [4.78, 5) is 12.6. The number of nitrogens with zero attached hydrogens (tertiary/aromatic N) is 1. The molecule has 7 nitrogen and oxygen atoms in total. The molecule has 1 unspecified atom stereocenters. The van der Waals surface area contributed by atoms with Crippen molar-refractivity contribution in [3.05, 3.63) is 82.4 Å². The second-order valence-electron chi connectivity index (χ2n) is 6.83. The Balaban J connectivity index is 1.92. The highest BCUT2D eigenvalue weighted by Gasteiger charge is 2.36. The van der Waals surface area contributed by atoms with E-state index in [2.05, 4.69) is 6.07 Å². The van der Waals surface area contributed by atoms with Gasteiger partial charge < -0.3 is 24.7 Å². The van der Waals surface area contributed by atoms with Crippen LogP contribution in [0.1, 0.15) is 30.9 Å². The fourth-order valence-corrected chi connectivity index (χ4v) is 3.40. The van der Waals surface area contributed by atoms with Gasteiger partial charge >= 0.3 is 5.97 Å². The lowest BCUT2D eigenvalue weighted by Crippen LogP contribution is -2.25. The van der Waals surface area contributed by atoms with Crippen LogP contribution >= 0.6 is 0 Å². The highest BCUT2D eigenvalue weighted by Crippen LogP contribution is 2.40. The molecule has 1 aliphatic heterocycles. The minimum absolute atomic E-state index is 0.0271. The van der Waals surface area contributed by atoms with Crippen molar-refractivity contribution in [3.63, 3.8) is 0 Å². The molecule has 7 heteroatoms. The molecule has 1 atom stereocenters. The topological polar surface area (TPSA) is 104 Å². The summed E-state index contributed by atoms with van der Waals surface area (Å²) in [6.45, 7) is 3.88. The van der Waals surface area contributed by atoms with Gasteiger partial charge in [-0.1, -0.05) is 24.3 Å². The normalized spacial score (nSPS) is 15.7. The summed E-state index contributed by atoms with van der Waals surface area (Å²) in [7, 11) is 1.61. The minimum Gasteiger partial charge on any atom is -0.497 e. The first-order chi connectivity index (χ1) is 15.0. The van der Waals surface area contributed by atoms with Crippen LogP contribution in [-0.4, -0.2) is 19.7 Å². The molecule has 0 spiro atoms. The molecule has 1 aliphatic rings. The minimum atomic E-state index is -0.710. The fourth-order valence-electron chi connectivity index (χ4n) is 3.40. The van der Waals surface area contributed by atoms with Gasteiger partial charge in [-0.15, -0.1) is 0 Å². The highest BCUT2D eigenvalue weighted by atomic mass is 16.5. The average Bonchev–Trinajstić information content (AvgIpc) is 2.77. The molecule has 0 radical (unpaired) electrons. The van der Waals surface area contributed by atoms with E-state index >= 15 is 0 Å². The first-order valence-electron chi connectivity index (χ1n) is 9.79. The molecule has 2 aromatic rings. The number of nitrogens with two attached hydrogens (primary N) is 1. The molecule has 3 rings (SSSR count). The van der Waals surface area contributed by atoms with Crippen LogP contribution in [0.3, 0.4) is 0 Å². The maximum Gasteiger partial charge on any atom is 0.338 e. The first kappa shape index (κ1) is 21.8. The summed E-state index contributed by atoms with van der Waals surface area (Å²) in [5, 5.41) is 9.69. The lowest BCUT2D eigenvalue weighted by molar-refractivity contribution is -0.139. The molecular formula is C24H24N2O5. The Bertz CT molecular complexity index is 1080. The van der Waals surface area contributed by atoms with Crippen LogP contribution in [-0.2, 0) is 20.9 Å². The summed E-state index contributed by atoms with van der Waals surface area (Å²) in [6, 6.07) is 16.9. The third kappa shape index (κ3) is 4.81. The number of allylic oxidation sites excluding steroid dienone is 2. The Kier molecular flexibility index (Phi) is 6.83. The first-order valence-corrected chi connectivity index (χ1v) is 9.79. The molecule has 0 aliphatic carbocycles. The van der Waals surface area contributed by atoms with Crippen LogP contribution in [0.25, 0.3) is 0 Å². The monoisotopic (exact) mass is 420 g/mol. The van der Waals surface area contributed by atoms with Gasteiger partial charge in [-0.05, 0) is 49.2 Å². The Morgan fingerprint density at radius 3 is 2.65 bits per heavy atom. The van der Waals surface area contributed by atoms with Crippen molar-refractivity contribution in [3.8, 4) is 17.6 Å². The zero-order valence-corrected chi connectivity index (χ0v) is 17.7. The Morgan fingerprint density at radius 1 is 1.19 bits per heavy atom. The van der Waals surface area contributed by atoms with Crippen molar-refractivity contribution in [2.75, 3.05) is 13.7 Å². The zero-order chi connectivity index (χ0) is 22.4. The number of hydrogen-bond acceptors (Lipinski definition) is 7. The lowest BCUT2D eigenvalue weighted by Gasteiger charge is -2.27. The summed E-state index contributed by atoms with van der Waals surface area (Å²) in [5.41, 5.74) is 7.97. The van der Waals surface area contributed by atoms with E-state index in [1.54, 1.807) is 33.1 Å². The van der Waals surface area contributed by atoms with Crippen molar-refractivity contribution in [2.24, 2.45) is 5.73 Å². The van der Waals surface area contributed by atoms with Crippen LogP contribution in [0.2, 0.25) is 0 Å². The van der Waals surface area contributed by atoms with Crippen molar-refractivity contribution in [1.29, 1.82) is 5.26 Å². The van der Waals surface area contributed by atoms with Gasteiger partial charge in [0.2, 0.25) is 5.88 Å². The predicted octanol–water partition coefficient (Wildman–Crippen LogP) is 3.92. The molecule has 0 aromatic heterocycles. The van der Waals surface area contributed by atoms with Crippen LogP contribution in [0.4, 0.5) is 0 Å². The number of benzene rings is 2. The number of carbonyl (C=O) groups is 1. The predicted molar refractivity (Wildman–Crippen MR) is 114 cm³/mol. The number of esters is 1. The van der Waals surface area contributed by atoms with Crippen molar-refractivity contribution in [1.82, 2.24) is 0 Å². The third-order valence-electron chi connectivity index (χ3n) is 4.83. The third-order valence-corrected chi connectivity index (χ3v) is 4.83. The number of methoxy groups -OCH3 is 1. The van der Waals surface area contributed by atoms with Crippen molar-refractivity contribution in [2.45, 2.75) is 26.4 Å². The van der Waals surface area contributed by atoms with E-state index in [0.29, 0.717) is 23.7 Å². The van der Waals surface area contributed by atoms with Gasteiger partial charge in [0, 0.05) is 0 Å². The number of carbonyl (C=O) groups excluding carboxylic acids is 1. The van der Waals surface area contributed by atoms with E-state index < -0.39 is 11.9 Å². The van der Waals surface area contributed by atoms with Crippen molar-refractivity contribution < 1.29 is 23.7 Å². The number of rotatable bonds is 7. The van der Waals surface area contributed by atoms with Crippen LogP contribution in [0.15, 0.2) is 71.3 Å². The van der Waals surface area contributed by atoms with E-state index in [4.69, 9.17) is 24.7 Å². The summed E-state index contributed by atoms with van der Waals surface area (Å²) < 4.78 is 21.8. The quantitative estimate of drug-likeness (QED) is 0.677. The molecule has 2 aromatic carbocycles. The smallest absolute Gasteiger partial charge is 0.338 e. The van der Waals surface area contributed by atoms with Crippen molar-refractivity contribution >= 4 is 5.97 Å². The van der Waals surface area contributed by atoms with Gasteiger partial charge in [-0.2, -0.15) is 5.26 Å². The Hall–Kier alpha value is -3.92. The molecule has 0 bridgehead atoms. The van der Waals surface area contributed by atoms with Gasteiger partial charge in [0.25, 0.3) is 0 Å². The lowest BCUT2D eigenvalue weighted by atomic mass is 9.83. The number of ether oxygens (including phenoxy) is 4. The molecule has 1 heterocycles. The zero-order valence-electron chi connectivity index (χ0n) is 17.7. The highest BCUT2D eigenvalue weighted by molar-refractivity contribution is 5.92. The standard InChI is InChI=1S/C24H24N2O5/c1-4-29-24(27)21-15(2)31-23(26)20(13-25)22(21)17-8-6-10-19(12-17)30-14-16-7-5-9-18(11-16)28-3/h5-12,22H,4,14,26H2,1-3H3. The molecule has 2 N–H and O–H groups in total. The van der Waals surface area contributed by atoms with Gasteiger partial charge in [0.05, 0.1) is 25.2 Å². The maximum atomic E-state index is 12.6. The van der Waals surface area contributed by atoms with Crippen LogP contribution < -0.4 is 15.2 Å². The second-order valence-corrected chi connectivity index (χ2v) is 6.83. The summed E-state index contributed by atoms with van der Waals surface area (Å²) in [5.74, 6) is 0.356. The number of hydrogen-bond donors (Lipinski definition) is 1. The van der Waals surface area contributed by atoms with Gasteiger partial charge in [0.15, 0.2) is 0 Å². The second kappa shape index (κ2) is 9.72. The SMILES string of the molecule is CCOC(=O)C1=C(C)OC(N)=C(C#N)C1c1cccc(OCc2cccc(OC)c2)c1. The Labute approximate surface area is 181 Å². The van der Waals surface area contributed by atoms with Crippen LogP contribution in [0.5, 0.6) is 11.5 Å². The van der Waals surface area contributed by atoms with E-state index in [1.807, 2.05) is 36.4 Å². The molecule has 160 valence electrons. The molecule has 0 saturated carbocycles. The van der Waals surface area contributed by atoms with Gasteiger partial charge in [0.1, 0.15) is 35.5 Å². The molecule has 0 amide bonds. The van der Waals surface area contributed by atoms with E-state index in [9.17, 15) is 10.1 Å². The van der Waals surface area contributed by atoms with Crippen LogP contribution in [0, 0.1) is 11.3 Å². The average molecular weight is 420 g/mol. The molecule has 0 saturated heterocycles. The van der Waals surface area contributed by atoms with E-state index in [0.717, 1.165) is 11.3 Å². The Morgan fingerprint density at radius 2 is 1.94 bits per heavy atom.